The average molecular weight is 490 g/mol. The van der Waals surface area contributed by atoms with E-state index in [1.54, 1.807) is 0 Å². The summed E-state index contributed by atoms with van der Waals surface area (Å²) in [5.41, 5.74) is 3.28. The maximum atomic E-state index is 12.5. The Hall–Kier alpha value is -3.34. The summed E-state index contributed by atoms with van der Waals surface area (Å²) in [6.45, 7) is 4.51. The van der Waals surface area contributed by atoms with Gasteiger partial charge in [-0.3, -0.25) is 4.90 Å². The summed E-state index contributed by atoms with van der Waals surface area (Å²) < 4.78 is 14.0. The zero-order chi connectivity index (χ0) is 24.3. The number of ether oxygens (including phenoxy) is 2. The van der Waals surface area contributed by atoms with Crippen LogP contribution in [0.3, 0.4) is 0 Å². The highest BCUT2D eigenvalue weighted by Crippen LogP contribution is 2.35. The second-order valence-electron chi connectivity index (χ2n) is 9.71. The Bertz CT molecular complexity index is 1180. The third kappa shape index (κ3) is 4.84. The Labute approximate surface area is 210 Å². The molecule has 1 aromatic heterocycles. The van der Waals surface area contributed by atoms with Crippen molar-refractivity contribution in [1.82, 2.24) is 35.7 Å². The van der Waals surface area contributed by atoms with Crippen molar-refractivity contribution in [2.24, 2.45) is 0 Å². The van der Waals surface area contributed by atoms with E-state index in [2.05, 4.69) is 49.3 Å². The van der Waals surface area contributed by atoms with Gasteiger partial charge in [0, 0.05) is 18.7 Å². The van der Waals surface area contributed by atoms with Gasteiger partial charge in [-0.1, -0.05) is 48.5 Å². The van der Waals surface area contributed by atoms with Gasteiger partial charge in [0.25, 0.3) is 0 Å². The third-order valence-electron chi connectivity index (χ3n) is 7.24. The summed E-state index contributed by atoms with van der Waals surface area (Å²) in [5, 5.41) is 18.5. The van der Waals surface area contributed by atoms with E-state index in [0.717, 1.165) is 30.8 Å². The second kappa shape index (κ2) is 10.3. The number of likely N-dealkylation sites (tertiary alicyclic amines) is 1. The largest absolute Gasteiger partial charge is 0.371 e. The van der Waals surface area contributed by atoms with Gasteiger partial charge in [-0.2, -0.15) is 0 Å². The number of urea groups is 1. The number of hydrogen-bond acceptors (Lipinski definition) is 7. The SMILES string of the molecule is O=C(NCc1ccccc1)N[C@H]1CO[C@H]2[C@@H]1OC[C@@H]2n1nnnc1-c1cccc(CN2CCCC2)c1. The molecular weight excluding hydrogens is 458 g/mol. The quantitative estimate of drug-likeness (QED) is 0.524. The molecule has 0 unspecified atom stereocenters. The minimum absolute atomic E-state index is 0.165. The highest BCUT2D eigenvalue weighted by atomic mass is 16.6. The van der Waals surface area contributed by atoms with Crippen molar-refractivity contribution in [3.05, 3.63) is 65.7 Å². The summed E-state index contributed by atoms with van der Waals surface area (Å²) >= 11 is 0. The van der Waals surface area contributed by atoms with Gasteiger partial charge >= 0.3 is 6.03 Å². The first kappa shape index (κ1) is 23.1. The molecule has 3 aromatic rings. The van der Waals surface area contributed by atoms with Crippen LogP contribution in [0.5, 0.6) is 0 Å². The number of rotatable bonds is 7. The van der Waals surface area contributed by atoms with E-state index >= 15 is 0 Å². The molecule has 10 heteroatoms. The molecule has 36 heavy (non-hydrogen) atoms. The maximum absolute atomic E-state index is 12.5. The number of tetrazole rings is 1. The average Bonchev–Trinajstić information content (AvgIpc) is 3.70. The van der Waals surface area contributed by atoms with Crippen LogP contribution in [-0.4, -0.2) is 75.7 Å². The van der Waals surface area contributed by atoms with E-state index in [-0.39, 0.29) is 30.3 Å². The molecule has 188 valence electrons. The Morgan fingerprint density at radius 3 is 2.64 bits per heavy atom. The second-order valence-corrected chi connectivity index (χ2v) is 9.71. The topological polar surface area (TPSA) is 106 Å². The summed E-state index contributed by atoms with van der Waals surface area (Å²) in [7, 11) is 0. The fourth-order valence-corrected chi connectivity index (χ4v) is 5.42. The molecule has 4 heterocycles. The van der Waals surface area contributed by atoms with Gasteiger partial charge in [-0.05, 0) is 53.6 Å². The highest BCUT2D eigenvalue weighted by Gasteiger charge is 2.50. The minimum Gasteiger partial charge on any atom is -0.371 e. The van der Waals surface area contributed by atoms with Gasteiger partial charge in [0.2, 0.25) is 0 Å². The smallest absolute Gasteiger partial charge is 0.315 e. The lowest BCUT2D eigenvalue weighted by atomic mass is 10.1. The van der Waals surface area contributed by atoms with Crippen LogP contribution in [0.1, 0.15) is 30.0 Å². The zero-order valence-corrected chi connectivity index (χ0v) is 20.1. The number of nitrogens with zero attached hydrogens (tertiary/aromatic N) is 5. The lowest BCUT2D eigenvalue weighted by Crippen LogP contribution is -2.48. The summed E-state index contributed by atoms with van der Waals surface area (Å²) in [6.07, 6.45) is 2.05. The van der Waals surface area contributed by atoms with Crippen LogP contribution in [0, 0.1) is 0 Å². The van der Waals surface area contributed by atoms with Crippen molar-refractivity contribution < 1.29 is 14.3 Å². The van der Waals surface area contributed by atoms with Gasteiger partial charge in [-0.25, -0.2) is 9.48 Å². The third-order valence-corrected chi connectivity index (χ3v) is 7.24. The molecule has 0 radical (unpaired) electrons. The number of nitrogens with one attached hydrogen (secondary N) is 2. The van der Waals surface area contributed by atoms with Crippen LogP contribution in [-0.2, 0) is 22.6 Å². The van der Waals surface area contributed by atoms with Gasteiger partial charge in [-0.15, -0.1) is 5.10 Å². The zero-order valence-electron chi connectivity index (χ0n) is 20.1. The molecule has 6 rings (SSSR count). The Morgan fingerprint density at radius 2 is 1.78 bits per heavy atom. The summed E-state index contributed by atoms with van der Waals surface area (Å²) in [4.78, 5) is 15.0. The Balaban J connectivity index is 1.10. The minimum atomic E-state index is -0.254. The number of carbonyl (C=O) groups excluding carboxylic acids is 1. The van der Waals surface area contributed by atoms with Crippen LogP contribution in [0.2, 0.25) is 0 Å². The molecule has 3 saturated heterocycles. The van der Waals surface area contributed by atoms with Gasteiger partial charge < -0.3 is 20.1 Å². The van der Waals surface area contributed by atoms with E-state index in [0.29, 0.717) is 25.6 Å². The molecule has 4 atom stereocenters. The molecule has 3 aliphatic rings. The molecule has 10 nitrogen and oxygen atoms in total. The van der Waals surface area contributed by atoms with Crippen molar-refractivity contribution >= 4 is 6.03 Å². The lowest BCUT2D eigenvalue weighted by Gasteiger charge is -2.19. The number of benzene rings is 2. The molecular formula is C26H31N7O3. The Morgan fingerprint density at radius 1 is 0.972 bits per heavy atom. The molecule has 2 N–H and O–H groups in total. The van der Waals surface area contributed by atoms with Crippen LogP contribution < -0.4 is 10.6 Å². The van der Waals surface area contributed by atoms with E-state index in [4.69, 9.17) is 9.47 Å². The van der Waals surface area contributed by atoms with Crippen molar-refractivity contribution in [2.75, 3.05) is 26.3 Å². The van der Waals surface area contributed by atoms with Crippen molar-refractivity contribution in [1.29, 1.82) is 0 Å². The Kier molecular flexibility index (Phi) is 6.63. The van der Waals surface area contributed by atoms with E-state index in [9.17, 15) is 4.79 Å². The predicted octanol–water partition coefficient (Wildman–Crippen LogP) is 2.14. The number of hydrogen-bond donors (Lipinski definition) is 2. The molecule has 3 fully saturated rings. The van der Waals surface area contributed by atoms with E-state index < -0.39 is 0 Å². The first-order valence-electron chi connectivity index (χ1n) is 12.7. The van der Waals surface area contributed by atoms with Crippen LogP contribution >= 0.6 is 0 Å². The van der Waals surface area contributed by atoms with Gasteiger partial charge in [0.15, 0.2) is 5.82 Å². The van der Waals surface area contributed by atoms with Crippen LogP contribution in [0.4, 0.5) is 4.79 Å². The predicted molar refractivity (Wildman–Crippen MR) is 132 cm³/mol. The number of aromatic nitrogens is 4. The molecule has 0 aliphatic carbocycles. The molecule has 0 bridgehead atoms. The summed E-state index contributed by atoms with van der Waals surface area (Å²) in [6, 6.07) is 17.6. The fraction of sp³-hybridized carbons (Fsp3) is 0.462. The van der Waals surface area contributed by atoms with E-state index in [1.807, 2.05) is 41.1 Å². The molecule has 0 spiro atoms. The fourth-order valence-electron chi connectivity index (χ4n) is 5.42. The number of fused-ring (bicyclic) bond motifs is 1. The first-order chi connectivity index (χ1) is 17.7. The maximum Gasteiger partial charge on any atom is 0.315 e. The summed E-state index contributed by atoms with van der Waals surface area (Å²) in [5.74, 6) is 0.702. The molecule has 2 aromatic carbocycles. The standard InChI is InChI=1S/C26H31N7O3/c34-26(27-14-18-7-2-1-3-8-18)28-21-16-35-24-22(17-36-23(21)24)33-25(29-30-31-33)20-10-6-9-19(13-20)15-32-11-4-5-12-32/h1-3,6-10,13,21-24H,4-5,11-12,14-17H2,(H2,27,28,34)/t21-,22-,23+,24+/m0/s1. The molecule has 0 saturated carbocycles. The first-order valence-corrected chi connectivity index (χ1v) is 12.7. The highest BCUT2D eigenvalue weighted by molar-refractivity contribution is 5.74. The van der Waals surface area contributed by atoms with Gasteiger partial charge in [0.1, 0.15) is 18.2 Å². The van der Waals surface area contributed by atoms with Crippen LogP contribution in [0.15, 0.2) is 54.6 Å². The normalized spacial score (nSPS) is 25.7. The lowest BCUT2D eigenvalue weighted by molar-refractivity contribution is 0.0624. The number of carbonyl (C=O) groups is 1. The molecule has 2 amide bonds. The number of amides is 2. The monoisotopic (exact) mass is 489 g/mol. The van der Waals surface area contributed by atoms with Crippen molar-refractivity contribution in [3.8, 4) is 11.4 Å². The van der Waals surface area contributed by atoms with Crippen LogP contribution in [0.25, 0.3) is 11.4 Å². The van der Waals surface area contributed by atoms with Crippen molar-refractivity contribution in [2.45, 2.75) is 50.2 Å². The van der Waals surface area contributed by atoms with Gasteiger partial charge in [0.05, 0.1) is 19.3 Å². The van der Waals surface area contributed by atoms with E-state index in [1.165, 1.54) is 18.4 Å². The van der Waals surface area contributed by atoms with Crippen molar-refractivity contribution in [3.63, 3.8) is 0 Å². The molecule has 3 aliphatic heterocycles.